The SMILES string of the molecule is Cc1ccc(N2C[C@@H](C(=O)NCc3cc(-c4ccc(F)cc4F)on3)CC2=O)cc1. The summed E-state index contributed by atoms with van der Waals surface area (Å²) < 4.78 is 32.0. The van der Waals surface area contributed by atoms with Crippen LogP contribution >= 0.6 is 0 Å². The predicted molar refractivity (Wildman–Crippen MR) is 105 cm³/mol. The van der Waals surface area contributed by atoms with Crippen LogP contribution in [0.4, 0.5) is 14.5 Å². The summed E-state index contributed by atoms with van der Waals surface area (Å²) >= 11 is 0. The molecular weight excluding hydrogens is 392 g/mol. The van der Waals surface area contributed by atoms with Crippen LogP contribution in [0.3, 0.4) is 0 Å². The zero-order valence-corrected chi connectivity index (χ0v) is 16.2. The van der Waals surface area contributed by atoms with E-state index in [1.165, 1.54) is 12.1 Å². The van der Waals surface area contributed by atoms with Gasteiger partial charge in [-0.1, -0.05) is 22.9 Å². The molecule has 1 fully saturated rings. The van der Waals surface area contributed by atoms with E-state index in [-0.39, 0.29) is 36.1 Å². The van der Waals surface area contributed by atoms with Crippen LogP contribution in [0.5, 0.6) is 0 Å². The average molecular weight is 411 g/mol. The Balaban J connectivity index is 1.37. The maximum absolute atomic E-state index is 13.9. The molecule has 0 radical (unpaired) electrons. The summed E-state index contributed by atoms with van der Waals surface area (Å²) in [5.41, 5.74) is 2.33. The van der Waals surface area contributed by atoms with Gasteiger partial charge < -0.3 is 14.7 Å². The molecule has 1 aliphatic heterocycles. The van der Waals surface area contributed by atoms with Crippen molar-refractivity contribution in [3.05, 3.63) is 71.4 Å². The van der Waals surface area contributed by atoms with Crippen molar-refractivity contribution in [3.8, 4) is 11.3 Å². The number of aromatic nitrogens is 1. The van der Waals surface area contributed by atoms with Crippen LogP contribution in [-0.4, -0.2) is 23.5 Å². The van der Waals surface area contributed by atoms with E-state index >= 15 is 0 Å². The maximum Gasteiger partial charge on any atom is 0.227 e. The van der Waals surface area contributed by atoms with Crippen LogP contribution in [0.2, 0.25) is 0 Å². The molecule has 0 bridgehead atoms. The molecule has 2 aromatic carbocycles. The summed E-state index contributed by atoms with van der Waals surface area (Å²) in [6.45, 7) is 2.34. The minimum absolute atomic E-state index is 0.0698. The smallest absolute Gasteiger partial charge is 0.227 e. The fourth-order valence-corrected chi connectivity index (χ4v) is 3.39. The Labute approximate surface area is 171 Å². The van der Waals surface area contributed by atoms with E-state index in [4.69, 9.17) is 4.52 Å². The lowest BCUT2D eigenvalue weighted by Crippen LogP contribution is -2.32. The van der Waals surface area contributed by atoms with E-state index in [0.29, 0.717) is 12.2 Å². The van der Waals surface area contributed by atoms with Crippen LogP contribution < -0.4 is 10.2 Å². The minimum atomic E-state index is -0.762. The molecule has 0 spiro atoms. The first kappa shape index (κ1) is 19.8. The van der Waals surface area contributed by atoms with Gasteiger partial charge in [0.05, 0.1) is 18.0 Å². The molecule has 0 saturated carbocycles. The van der Waals surface area contributed by atoms with E-state index < -0.39 is 17.6 Å². The first-order chi connectivity index (χ1) is 14.4. The number of halogens is 2. The standard InChI is InChI=1S/C22H19F2N3O3/c1-13-2-5-17(6-3-13)27-12-14(8-21(27)28)22(29)25-11-16-10-20(30-26-16)18-7-4-15(23)9-19(18)24/h2-7,9-10,14H,8,11-12H2,1H3,(H,25,29)/t14-/m0/s1. The molecule has 1 aliphatic rings. The molecule has 0 unspecified atom stereocenters. The number of rotatable bonds is 5. The number of hydrogen-bond acceptors (Lipinski definition) is 4. The molecule has 2 amide bonds. The number of hydrogen-bond donors (Lipinski definition) is 1. The molecule has 2 heterocycles. The van der Waals surface area contributed by atoms with Crippen molar-refractivity contribution in [2.45, 2.75) is 19.9 Å². The number of aryl methyl sites for hydroxylation is 1. The number of amides is 2. The number of carbonyl (C=O) groups excluding carboxylic acids is 2. The minimum Gasteiger partial charge on any atom is -0.356 e. The quantitative estimate of drug-likeness (QED) is 0.696. The largest absolute Gasteiger partial charge is 0.356 e. The van der Waals surface area contributed by atoms with Crippen LogP contribution in [-0.2, 0) is 16.1 Å². The van der Waals surface area contributed by atoms with Gasteiger partial charge in [0.1, 0.15) is 17.3 Å². The highest BCUT2D eigenvalue weighted by Gasteiger charge is 2.35. The second kappa shape index (κ2) is 8.06. The Kier molecular flexibility index (Phi) is 5.31. The normalized spacial score (nSPS) is 16.2. The molecule has 1 saturated heterocycles. The lowest BCUT2D eigenvalue weighted by molar-refractivity contribution is -0.126. The third-order valence-electron chi connectivity index (χ3n) is 5.04. The van der Waals surface area contributed by atoms with Crippen molar-refractivity contribution >= 4 is 17.5 Å². The maximum atomic E-state index is 13.9. The topological polar surface area (TPSA) is 75.4 Å². The Morgan fingerprint density at radius 1 is 1.20 bits per heavy atom. The average Bonchev–Trinajstić information content (AvgIpc) is 3.34. The van der Waals surface area contributed by atoms with Crippen molar-refractivity contribution < 1.29 is 22.9 Å². The number of nitrogens with one attached hydrogen (secondary N) is 1. The van der Waals surface area contributed by atoms with Crippen molar-refractivity contribution in [2.24, 2.45) is 5.92 Å². The van der Waals surface area contributed by atoms with E-state index in [9.17, 15) is 18.4 Å². The second-order valence-electron chi connectivity index (χ2n) is 7.27. The van der Waals surface area contributed by atoms with Gasteiger partial charge in [0.25, 0.3) is 0 Å². The van der Waals surface area contributed by atoms with Gasteiger partial charge in [-0.3, -0.25) is 9.59 Å². The molecule has 1 aromatic heterocycles. The number of benzene rings is 2. The highest BCUT2D eigenvalue weighted by atomic mass is 19.1. The monoisotopic (exact) mass is 411 g/mol. The third kappa shape index (κ3) is 4.07. The molecule has 1 atom stereocenters. The Bertz CT molecular complexity index is 1100. The number of carbonyl (C=O) groups is 2. The van der Waals surface area contributed by atoms with Gasteiger partial charge in [0.15, 0.2) is 5.76 Å². The van der Waals surface area contributed by atoms with Crippen LogP contribution in [0.1, 0.15) is 17.7 Å². The highest BCUT2D eigenvalue weighted by molar-refractivity contribution is 6.00. The first-order valence-corrected chi connectivity index (χ1v) is 9.46. The molecule has 6 nitrogen and oxygen atoms in total. The van der Waals surface area contributed by atoms with Gasteiger partial charge in [-0.05, 0) is 31.2 Å². The molecule has 8 heteroatoms. The summed E-state index contributed by atoms with van der Waals surface area (Å²) in [5, 5.41) is 6.55. The lowest BCUT2D eigenvalue weighted by Gasteiger charge is -2.16. The Morgan fingerprint density at radius 2 is 1.97 bits per heavy atom. The zero-order valence-electron chi connectivity index (χ0n) is 16.2. The fourth-order valence-electron chi connectivity index (χ4n) is 3.39. The summed E-state index contributed by atoms with van der Waals surface area (Å²) in [7, 11) is 0. The van der Waals surface area contributed by atoms with Gasteiger partial charge in [-0.2, -0.15) is 0 Å². The van der Waals surface area contributed by atoms with Crippen molar-refractivity contribution in [1.29, 1.82) is 0 Å². The summed E-state index contributed by atoms with van der Waals surface area (Å²) in [4.78, 5) is 26.4. The molecule has 0 aliphatic carbocycles. The van der Waals surface area contributed by atoms with Gasteiger partial charge in [-0.25, -0.2) is 8.78 Å². The molecule has 1 N–H and O–H groups in total. The molecule has 30 heavy (non-hydrogen) atoms. The fraction of sp³-hybridized carbons (Fsp3) is 0.227. The van der Waals surface area contributed by atoms with E-state index in [0.717, 1.165) is 23.4 Å². The molecule has 154 valence electrons. The Hall–Kier alpha value is -3.55. The van der Waals surface area contributed by atoms with Gasteiger partial charge in [-0.15, -0.1) is 0 Å². The van der Waals surface area contributed by atoms with Crippen molar-refractivity contribution in [1.82, 2.24) is 10.5 Å². The summed E-state index contributed by atoms with van der Waals surface area (Å²) in [6, 6.07) is 12.2. The van der Waals surface area contributed by atoms with Gasteiger partial charge in [0.2, 0.25) is 11.8 Å². The third-order valence-corrected chi connectivity index (χ3v) is 5.04. The van der Waals surface area contributed by atoms with Crippen LogP contribution in [0, 0.1) is 24.5 Å². The number of nitrogens with zero attached hydrogens (tertiary/aromatic N) is 2. The molecule has 3 aromatic rings. The molecular formula is C22H19F2N3O3. The van der Waals surface area contributed by atoms with Crippen molar-refractivity contribution in [3.63, 3.8) is 0 Å². The molecule has 4 rings (SSSR count). The first-order valence-electron chi connectivity index (χ1n) is 9.46. The second-order valence-corrected chi connectivity index (χ2v) is 7.27. The zero-order chi connectivity index (χ0) is 21.3. The summed E-state index contributed by atoms with van der Waals surface area (Å²) in [6.07, 6.45) is 0.130. The van der Waals surface area contributed by atoms with E-state index in [2.05, 4.69) is 10.5 Å². The lowest BCUT2D eigenvalue weighted by atomic mass is 10.1. The predicted octanol–water partition coefficient (Wildman–Crippen LogP) is 3.60. The van der Waals surface area contributed by atoms with E-state index in [1.54, 1.807) is 4.90 Å². The van der Waals surface area contributed by atoms with Crippen LogP contribution in [0.15, 0.2) is 53.1 Å². The van der Waals surface area contributed by atoms with Crippen LogP contribution in [0.25, 0.3) is 11.3 Å². The highest BCUT2D eigenvalue weighted by Crippen LogP contribution is 2.26. The van der Waals surface area contributed by atoms with E-state index in [1.807, 2.05) is 31.2 Å². The van der Waals surface area contributed by atoms with Gasteiger partial charge in [0, 0.05) is 30.8 Å². The Morgan fingerprint density at radius 3 is 2.70 bits per heavy atom. The van der Waals surface area contributed by atoms with Crippen molar-refractivity contribution in [2.75, 3.05) is 11.4 Å². The van der Waals surface area contributed by atoms with Gasteiger partial charge >= 0.3 is 0 Å². The summed E-state index contributed by atoms with van der Waals surface area (Å²) in [5.74, 6) is -2.15. The number of anilines is 1.